The van der Waals surface area contributed by atoms with E-state index >= 15 is 0 Å². The Balaban J connectivity index is 1.43. The van der Waals surface area contributed by atoms with Crippen molar-refractivity contribution in [3.8, 4) is 5.75 Å². The highest BCUT2D eigenvalue weighted by Gasteiger charge is 2.25. The van der Waals surface area contributed by atoms with Gasteiger partial charge in [0.25, 0.3) is 0 Å². The third-order valence-corrected chi connectivity index (χ3v) is 6.97. The first-order valence-electron chi connectivity index (χ1n) is 11.1. The van der Waals surface area contributed by atoms with Crippen LogP contribution in [-0.4, -0.2) is 31.1 Å². The molecule has 0 amide bonds. The van der Waals surface area contributed by atoms with Crippen LogP contribution in [0.5, 0.6) is 5.75 Å². The Morgan fingerprint density at radius 2 is 1.68 bits per heavy atom. The van der Waals surface area contributed by atoms with E-state index in [0.29, 0.717) is 6.61 Å². The highest BCUT2D eigenvalue weighted by molar-refractivity contribution is 7.17. The van der Waals surface area contributed by atoms with Crippen LogP contribution >= 0.6 is 11.3 Å². The molecule has 1 fully saturated rings. The maximum atomic E-state index is 6.03. The van der Waals surface area contributed by atoms with Gasteiger partial charge in [0.2, 0.25) is 0 Å². The lowest BCUT2D eigenvalue weighted by Gasteiger charge is -2.31. The predicted octanol–water partition coefficient (Wildman–Crippen LogP) is 5.87. The van der Waals surface area contributed by atoms with E-state index in [0.717, 1.165) is 31.9 Å². The second-order valence-corrected chi connectivity index (χ2v) is 8.98. The van der Waals surface area contributed by atoms with Crippen molar-refractivity contribution < 1.29 is 4.74 Å². The van der Waals surface area contributed by atoms with Gasteiger partial charge < -0.3 is 10.1 Å². The summed E-state index contributed by atoms with van der Waals surface area (Å²) in [6.45, 7) is 4.89. The lowest BCUT2D eigenvalue weighted by molar-refractivity contribution is 0.242. The van der Waals surface area contributed by atoms with Gasteiger partial charge in [0.15, 0.2) is 0 Å². The van der Waals surface area contributed by atoms with Crippen molar-refractivity contribution in [1.82, 2.24) is 10.2 Å². The molecule has 1 aliphatic heterocycles. The van der Waals surface area contributed by atoms with Crippen molar-refractivity contribution in [3.63, 3.8) is 0 Å². The molecule has 3 aromatic carbocycles. The van der Waals surface area contributed by atoms with Crippen LogP contribution in [0.2, 0.25) is 0 Å². The Hall–Kier alpha value is -2.66. The molecular weight excluding hydrogens is 400 g/mol. The fourth-order valence-corrected chi connectivity index (χ4v) is 5.39. The van der Waals surface area contributed by atoms with Crippen LogP contribution in [0.3, 0.4) is 0 Å². The molecule has 0 radical (unpaired) electrons. The van der Waals surface area contributed by atoms with E-state index in [2.05, 4.69) is 76.3 Å². The Labute approximate surface area is 188 Å². The summed E-state index contributed by atoms with van der Waals surface area (Å²) >= 11 is 1.85. The standard InChI is InChI=1S/C27H28N2OS/c1-2-7-21(8-3-1)19-30-23-13-11-22(12-14-23)27(29-17-6-15-28-16-18-29)25-20-31-26-10-5-4-9-24(25)26/h1-5,7-14,20,27-28H,6,15-19H2. The molecule has 31 heavy (non-hydrogen) atoms. The van der Waals surface area contributed by atoms with Crippen molar-refractivity contribution >= 4 is 21.4 Å². The molecule has 1 aliphatic rings. The second kappa shape index (κ2) is 9.65. The maximum absolute atomic E-state index is 6.03. The summed E-state index contributed by atoms with van der Waals surface area (Å²) in [4.78, 5) is 2.63. The fourth-order valence-electron chi connectivity index (χ4n) is 4.41. The van der Waals surface area contributed by atoms with Crippen LogP contribution in [0.4, 0.5) is 0 Å². The van der Waals surface area contributed by atoms with E-state index in [1.54, 1.807) is 0 Å². The number of nitrogens with one attached hydrogen (secondary N) is 1. The quantitative estimate of drug-likeness (QED) is 0.416. The topological polar surface area (TPSA) is 24.5 Å². The van der Waals surface area contributed by atoms with Gasteiger partial charge in [-0.05, 0) is 58.6 Å². The van der Waals surface area contributed by atoms with Crippen LogP contribution in [0.15, 0.2) is 84.2 Å². The van der Waals surface area contributed by atoms with Crippen LogP contribution < -0.4 is 10.1 Å². The monoisotopic (exact) mass is 428 g/mol. The molecule has 3 nitrogen and oxygen atoms in total. The number of benzene rings is 3. The minimum Gasteiger partial charge on any atom is -0.489 e. The first kappa shape index (κ1) is 20.3. The molecule has 4 aromatic rings. The van der Waals surface area contributed by atoms with Crippen LogP contribution in [-0.2, 0) is 6.61 Å². The zero-order valence-corrected chi connectivity index (χ0v) is 18.5. The van der Waals surface area contributed by atoms with E-state index in [1.807, 2.05) is 29.5 Å². The summed E-state index contributed by atoms with van der Waals surface area (Å²) in [6.07, 6.45) is 1.18. The Kier molecular flexibility index (Phi) is 6.30. The Morgan fingerprint density at radius 3 is 2.55 bits per heavy atom. The van der Waals surface area contributed by atoms with Crippen LogP contribution in [0.1, 0.15) is 29.2 Å². The molecular formula is C27H28N2OS. The number of rotatable bonds is 6. The second-order valence-electron chi connectivity index (χ2n) is 8.07. The molecule has 1 saturated heterocycles. The molecule has 1 unspecified atom stereocenters. The van der Waals surface area contributed by atoms with E-state index in [1.165, 1.54) is 33.2 Å². The van der Waals surface area contributed by atoms with Gasteiger partial charge in [0, 0.05) is 24.3 Å². The number of nitrogens with zero attached hydrogens (tertiary/aromatic N) is 1. The summed E-state index contributed by atoms with van der Waals surface area (Å²) < 4.78 is 7.39. The van der Waals surface area contributed by atoms with Gasteiger partial charge >= 0.3 is 0 Å². The first-order valence-corrected chi connectivity index (χ1v) is 11.9. The van der Waals surface area contributed by atoms with E-state index in [4.69, 9.17) is 4.74 Å². The summed E-state index contributed by atoms with van der Waals surface area (Å²) in [5.41, 5.74) is 3.93. The number of fused-ring (bicyclic) bond motifs is 1. The van der Waals surface area contributed by atoms with E-state index in [9.17, 15) is 0 Å². The molecule has 158 valence electrons. The average molecular weight is 429 g/mol. The van der Waals surface area contributed by atoms with Gasteiger partial charge in [-0.3, -0.25) is 4.90 Å². The van der Waals surface area contributed by atoms with Gasteiger partial charge in [-0.2, -0.15) is 0 Å². The third kappa shape index (κ3) is 4.67. The minimum atomic E-state index is 0.263. The molecule has 0 aliphatic carbocycles. The lowest BCUT2D eigenvalue weighted by atomic mass is 9.96. The highest BCUT2D eigenvalue weighted by atomic mass is 32.1. The van der Waals surface area contributed by atoms with Gasteiger partial charge in [-0.1, -0.05) is 60.7 Å². The SMILES string of the molecule is c1ccc(COc2ccc(C(c3csc4ccccc34)N3CCCNCC3)cc2)cc1. The number of thiophene rings is 1. The summed E-state index contributed by atoms with van der Waals surface area (Å²) in [5, 5.41) is 7.28. The van der Waals surface area contributed by atoms with Gasteiger partial charge in [0.1, 0.15) is 12.4 Å². The third-order valence-electron chi connectivity index (χ3n) is 5.99. The van der Waals surface area contributed by atoms with Crippen molar-refractivity contribution in [2.24, 2.45) is 0 Å². The first-order chi connectivity index (χ1) is 15.4. The molecule has 1 atom stereocenters. The lowest BCUT2D eigenvalue weighted by Crippen LogP contribution is -2.32. The molecule has 0 bridgehead atoms. The average Bonchev–Trinajstić information content (AvgIpc) is 3.06. The normalized spacial score (nSPS) is 16.1. The van der Waals surface area contributed by atoms with Gasteiger partial charge in [0.05, 0.1) is 6.04 Å². The molecule has 1 N–H and O–H groups in total. The molecule has 2 heterocycles. The smallest absolute Gasteiger partial charge is 0.119 e. The van der Waals surface area contributed by atoms with Gasteiger partial charge in [-0.25, -0.2) is 0 Å². The Bertz CT molecular complexity index is 1100. The van der Waals surface area contributed by atoms with Crippen molar-refractivity contribution in [3.05, 3.63) is 101 Å². The fraction of sp³-hybridized carbons (Fsp3) is 0.259. The van der Waals surface area contributed by atoms with Crippen LogP contribution in [0, 0.1) is 0 Å². The summed E-state index contributed by atoms with van der Waals surface area (Å²) in [7, 11) is 0. The minimum absolute atomic E-state index is 0.263. The van der Waals surface area contributed by atoms with Crippen molar-refractivity contribution in [2.45, 2.75) is 19.1 Å². The summed E-state index contributed by atoms with van der Waals surface area (Å²) in [6, 6.07) is 28.1. The molecule has 4 heteroatoms. The largest absolute Gasteiger partial charge is 0.489 e. The predicted molar refractivity (Wildman–Crippen MR) is 130 cm³/mol. The molecule has 1 aromatic heterocycles. The van der Waals surface area contributed by atoms with E-state index < -0.39 is 0 Å². The van der Waals surface area contributed by atoms with Crippen molar-refractivity contribution in [2.75, 3.05) is 26.2 Å². The van der Waals surface area contributed by atoms with Crippen molar-refractivity contribution in [1.29, 1.82) is 0 Å². The zero-order chi connectivity index (χ0) is 20.9. The molecule has 0 saturated carbocycles. The number of hydrogen-bond acceptors (Lipinski definition) is 4. The maximum Gasteiger partial charge on any atom is 0.119 e. The van der Waals surface area contributed by atoms with Gasteiger partial charge in [-0.15, -0.1) is 11.3 Å². The Morgan fingerprint density at radius 1 is 0.871 bits per heavy atom. The molecule has 0 spiro atoms. The number of hydrogen-bond donors (Lipinski definition) is 1. The van der Waals surface area contributed by atoms with E-state index in [-0.39, 0.29) is 6.04 Å². The number of ether oxygens (including phenoxy) is 1. The zero-order valence-electron chi connectivity index (χ0n) is 17.7. The highest BCUT2D eigenvalue weighted by Crippen LogP contribution is 2.37. The summed E-state index contributed by atoms with van der Waals surface area (Å²) in [5.74, 6) is 0.916. The van der Waals surface area contributed by atoms with Crippen LogP contribution in [0.25, 0.3) is 10.1 Å². The molecule has 5 rings (SSSR count).